The van der Waals surface area contributed by atoms with Crippen molar-refractivity contribution in [2.24, 2.45) is 0 Å². The number of pyridine rings is 1. The Morgan fingerprint density at radius 3 is 2.86 bits per heavy atom. The Bertz CT molecular complexity index is 848. The summed E-state index contributed by atoms with van der Waals surface area (Å²) in [7, 11) is 0. The Kier molecular flexibility index (Phi) is 3.70. The second kappa shape index (κ2) is 5.65. The SMILES string of the molecule is N#Cc1c(NCc2ccc(Cl)cc2Cl)nc2ccccn12. The lowest BCUT2D eigenvalue weighted by molar-refractivity contribution is 1.11. The predicted molar refractivity (Wildman–Crippen MR) is 83.7 cm³/mol. The van der Waals surface area contributed by atoms with E-state index in [2.05, 4.69) is 16.4 Å². The van der Waals surface area contributed by atoms with Gasteiger partial charge in [0.2, 0.25) is 0 Å². The molecule has 0 aliphatic carbocycles. The molecule has 2 heterocycles. The maximum atomic E-state index is 9.30. The molecule has 0 aliphatic heterocycles. The average molecular weight is 317 g/mol. The molecule has 0 bridgehead atoms. The van der Waals surface area contributed by atoms with Crippen LogP contribution in [0.4, 0.5) is 5.82 Å². The Balaban J connectivity index is 1.90. The van der Waals surface area contributed by atoms with Gasteiger partial charge in [0.15, 0.2) is 11.5 Å². The van der Waals surface area contributed by atoms with Crippen molar-refractivity contribution in [2.45, 2.75) is 6.54 Å². The first kappa shape index (κ1) is 13.7. The lowest BCUT2D eigenvalue weighted by atomic mass is 10.2. The maximum absolute atomic E-state index is 9.30. The monoisotopic (exact) mass is 316 g/mol. The molecule has 0 fully saturated rings. The third-order valence-electron chi connectivity index (χ3n) is 3.10. The number of anilines is 1. The fourth-order valence-corrected chi connectivity index (χ4v) is 2.55. The lowest BCUT2D eigenvalue weighted by Crippen LogP contribution is -2.02. The number of nitrogens with one attached hydrogen (secondary N) is 1. The van der Waals surface area contributed by atoms with E-state index in [0.29, 0.717) is 28.1 Å². The van der Waals surface area contributed by atoms with E-state index in [1.165, 1.54) is 0 Å². The average Bonchev–Trinajstić information content (AvgIpc) is 2.83. The minimum Gasteiger partial charge on any atom is -0.363 e. The van der Waals surface area contributed by atoms with Crippen LogP contribution in [0.25, 0.3) is 5.65 Å². The molecular formula is C15H10Cl2N4. The van der Waals surface area contributed by atoms with Crippen molar-refractivity contribution in [3.05, 3.63) is 63.9 Å². The van der Waals surface area contributed by atoms with Crippen LogP contribution < -0.4 is 5.32 Å². The molecule has 4 nitrogen and oxygen atoms in total. The third kappa shape index (κ3) is 2.66. The predicted octanol–water partition coefficient (Wildman–Crippen LogP) is 4.12. The van der Waals surface area contributed by atoms with Crippen LogP contribution in [-0.2, 0) is 6.54 Å². The highest BCUT2D eigenvalue weighted by Gasteiger charge is 2.11. The first-order valence-electron chi connectivity index (χ1n) is 6.24. The minimum atomic E-state index is 0.467. The van der Waals surface area contributed by atoms with Gasteiger partial charge in [-0.1, -0.05) is 35.3 Å². The lowest BCUT2D eigenvalue weighted by Gasteiger charge is -2.06. The van der Waals surface area contributed by atoms with Gasteiger partial charge in [0, 0.05) is 22.8 Å². The molecule has 0 amide bonds. The van der Waals surface area contributed by atoms with Crippen molar-refractivity contribution in [3.63, 3.8) is 0 Å². The fourth-order valence-electron chi connectivity index (χ4n) is 2.07. The van der Waals surface area contributed by atoms with Crippen molar-refractivity contribution in [3.8, 4) is 6.07 Å². The largest absolute Gasteiger partial charge is 0.363 e. The Hall–Kier alpha value is -2.22. The van der Waals surface area contributed by atoms with Crippen molar-refractivity contribution in [2.75, 3.05) is 5.32 Å². The summed E-state index contributed by atoms with van der Waals surface area (Å²) < 4.78 is 1.74. The standard InChI is InChI=1S/C15H10Cl2N4/c16-11-5-4-10(12(17)7-11)9-19-15-13(8-18)21-6-2-1-3-14(21)20-15/h1-7,19H,9H2. The van der Waals surface area contributed by atoms with E-state index in [4.69, 9.17) is 23.2 Å². The van der Waals surface area contributed by atoms with Crippen LogP contribution in [0.1, 0.15) is 11.3 Å². The summed E-state index contributed by atoms with van der Waals surface area (Å²) in [6.07, 6.45) is 1.81. The highest BCUT2D eigenvalue weighted by molar-refractivity contribution is 6.35. The van der Waals surface area contributed by atoms with Gasteiger partial charge in [0.25, 0.3) is 0 Å². The highest BCUT2D eigenvalue weighted by atomic mass is 35.5. The van der Waals surface area contributed by atoms with Gasteiger partial charge in [0.05, 0.1) is 0 Å². The molecule has 1 N–H and O–H groups in total. The summed E-state index contributed by atoms with van der Waals surface area (Å²) in [5.41, 5.74) is 2.08. The first-order valence-corrected chi connectivity index (χ1v) is 6.99. The molecular weight excluding hydrogens is 307 g/mol. The van der Waals surface area contributed by atoms with Crippen molar-refractivity contribution in [1.29, 1.82) is 5.26 Å². The second-order valence-corrected chi connectivity index (χ2v) is 5.28. The van der Waals surface area contributed by atoms with Gasteiger partial charge in [-0.05, 0) is 29.8 Å². The van der Waals surface area contributed by atoms with E-state index in [0.717, 1.165) is 11.2 Å². The van der Waals surface area contributed by atoms with Crippen LogP contribution in [0.2, 0.25) is 10.0 Å². The molecule has 21 heavy (non-hydrogen) atoms. The normalized spacial score (nSPS) is 10.5. The third-order valence-corrected chi connectivity index (χ3v) is 3.68. The molecule has 0 spiro atoms. The first-order chi connectivity index (χ1) is 10.2. The summed E-state index contributed by atoms with van der Waals surface area (Å²) in [6, 6.07) is 13.1. The van der Waals surface area contributed by atoms with Gasteiger partial charge >= 0.3 is 0 Å². The summed E-state index contributed by atoms with van der Waals surface area (Å²) >= 11 is 12.0. The van der Waals surface area contributed by atoms with Gasteiger partial charge in [-0.3, -0.25) is 4.40 Å². The quantitative estimate of drug-likeness (QED) is 0.790. The number of imidazole rings is 1. The molecule has 0 aliphatic rings. The molecule has 0 atom stereocenters. The van der Waals surface area contributed by atoms with Gasteiger partial charge in [-0.2, -0.15) is 5.26 Å². The van der Waals surface area contributed by atoms with Crippen LogP contribution in [0.3, 0.4) is 0 Å². The van der Waals surface area contributed by atoms with Crippen LogP contribution >= 0.6 is 23.2 Å². The van der Waals surface area contributed by atoms with Crippen molar-refractivity contribution in [1.82, 2.24) is 9.38 Å². The fraction of sp³-hybridized carbons (Fsp3) is 0.0667. The van der Waals surface area contributed by atoms with Crippen LogP contribution in [0, 0.1) is 11.3 Å². The number of hydrogen-bond acceptors (Lipinski definition) is 3. The van der Waals surface area contributed by atoms with Gasteiger partial charge in [0.1, 0.15) is 11.7 Å². The zero-order valence-electron chi connectivity index (χ0n) is 10.8. The minimum absolute atomic E-state index is 0.467. The van der Waals surface area contributed by atoms with E-state index in [1.807, 2.05) is 24.3 Å². The van der Waals surface area contributed by atoms with E-state index in [-0.39, 0.29) is 0 Å². The number of hydrogen-bond donors (Lipinski definition) is 1. The molecule has 3 rings (SSSR count). The number of benzene rings is 1. The Morgan fingerprint density at radius 1 is 1.24 bits per heavy atom. The maximum Gasteiger partial charge on any atom is 0.168 e. The smallest absolute Gasteiger partial charge is 0.168 e. The van der Waals surface area contributed by atoms with Gasteiger partial charge in [-0.15, -0.1) is 0 Å². The number of fused-ring (bicyclic) bond motifs is 1. The number of nitrogens with zero attached hydrogens (tertiary/aromatic N) is 3. The van der Waals surface area contributed by atoms with Gasteiger partial charge in [-0.25, -0.2) is 4.98 Å². The molecule has 0 saturated carbocycles. The molecule has 0 unspecified atom stereocenters. The number of rotatable bonds is 3. The number of halogens is 2. The molecule has 0 saturated heterocycles. The molecule has 6 heteroatoms. The molecule has 1 aromatic carbocycles. The molecule has 2 aromatic heterocycles. The summed E-state index contributed by atoms with van der Waals surface area (Å²) in [6.45, 7) is 0.467. The van der Waals surface area contributed by atoms with Crippen LogP contribution in [0.15, 0.2) is 42.6 Å². The molecule has 104 valence electrons. The summed E-state index contributed by atoms with van der Waals surface area (Å²) in [5.74, 6) is 0.537. The number of aromatic nitrogens is 2. The highest BCUT2D eigenvalue weighted by Crippen LogP contribution is 2.23. The Labute approximate surface area is 131 Å². The Morgan fingerprint density at radius 2 is 2.10 bits per heavy atom. The summed E-state index contributed by atoms with van der Waals surface area (Å²) in [4.78, 5) is 4.41. The topological polar surface area (TPSA) is 53.1 Å². The molecule has 0 radical (unpaired) electrons. The van der Waals surface area contributed by atoms with Crippen LogP contribution in [0.5, 0.6) is 0 Å². The van der Waals surface area contributed by atoms with Crippen molar-refractivity contribution >= 4 is 34.7 Å². The van der Waals surface area contributed by atoms with Crippen LogP contribution in [-0.4, -0.2) is 9.38 Å². The van der Waals surface area contributed by atoms with E-state index < -0.39 is 0 Å². The van der Waals surface area contributed by atoms with Gasteiger partial charge < -0.3 is 5.32 Å². The second-order valence-electron chi connectivity index (χ2n) is 4.44. The molecule has 3 aromatic rings. The number of nitriles is 1. The van der Waals surface area contributed by atoms with Crippen molar-refractivity contribution < 1.29 is 0 Å². The summed E-state index contributed by atoms with van der Waals surface area (Å²) in [5, 5.41) is 13.6. The van der Waals surface area contributed by atoms with E-state index >= 15 is 0 Å². The van der Waals surface area contributed by atoms with E-state index in [9.17, 15) is 5.26 Å². The zero-order chi connectivity index (χ0) is 14.8. The zero-order valence-corrected chi connectivity index (χ0v) is 12.4. The van der Waals surface area contributed by atoms with E-state index in [1.54, 1.807) is 22.7 Å².